The first-order valence-electron chi connectivity index (χ1n) is 4.35. The average molecular weight is 210 g/mol. The van der Waals surface area contributed by atoms with Gasteiger partial charge >= 0.3 is 6.16 Å². The molecular formula is C11H11FO3. The van der Waals surface area contributed by atoms with E-state index in [4.69, 9.17) is 0 Å². The molecule has 0 fully saturated rings. The van der Waals surface area contributed by atoms with Gasteiger partial charge in [0.05, 0.1) is 7.11 Å². The highest BCUT2D eigenvalue weighted by Crippen LogP contribution is 2.05. The zero-order chi connectivity index (χ0) is 11.1. The van der Waals surface area contributed by atoms with Crippen molar-refractivity contribution in [1.29, 1.82) is 0 Å². The molecule has 0 N–H and O–H groups in total. The van der Waals surface area contributed by atoms with Gasteiger partial charge in [-0.3, -0.25) is 0 Å². The van der Waals surface area contributed by atoms with Gasteiger partial charge in [0.1, 0.15) is 12.4 Å². The Bertz CT molecular complexity index is 361. The maximum absolute atomic E-state index is 12.7. The number of rotatable bonds is 3. The molecule has 0 radical (unpaired) electrons. The van der Waals surface area contributed by atoms with Gasteiger partial charge in [0.2, 0.25) is 0 Å². The van der Waals surface area contributed by atoms with Gasteiger partial charge in [0.15, 0.2) is 0 Å². The van der Waals surface area contributed by atoms with Crippen molar-refractivity contribution in [2.75, 3.05) is 13.7 Å². The normalized spacial score (nSPS) is 10.3. The summed E-state index contributed by atoms with van der Waals surface area (Å²) in [5.41, 5.74) is 0.712. The molecule has 0 aliphatic rings. The quantitative estimate of drug-likeness (QED) is 0.719. The first kappa shape index (κ1) is 11.2. The van der Waals surface area contributed by atoms with Crippen LogP contribution in [0.1, 0.15) is 5.56 Å². The maximum atomic E-state index is 12.7. The van der Waals surface area contributed by atoms with Crippen LogP contribution in [-0.2, 0) is 9.47 Å². The Labute approximate surface area is 87.1 Å². The second-order valence-electron chi connectivity index (χ2n) is 2.72. The molecule has 0 spiro atoms. The molecule has 4 heteroatoms. The fourth-order valence-corrected chi connectivity index (χ4v) is 0.970. The third-order valence-corrected chi connectivity index (χ3v) is 1.62. The van der Waals surface area contributed by atoms with Crippen LogP contribution >= 0.6 is 0 Å². The monoisotopic (exact) mass is 210 g/mol. The minimum Gasteiger partial charge on any atom is -0.438 e. The van der Waals surface area contributed by atoms with Crippen molar-refractivity contribution >= 4 is 12.2 Å². The molecule has 0 aliphatic heterocycles. The van der Waals surface area contributed by atoms with Gasteiger partial charge in [-0.1, -0.05) is 18.2 Å². The topological polar surface area (TPSA) is 35.5 Å². The van der Waals surface area contributed by atoms with Crippen LogP contribution in [0.15, 0.2) is 30.3 Å². The average Bonchev–Trinajstić information content (AvgIpc) is 2.24. The molecule has 0 amide bonds. The summed E-state index contributed by atoms with van der Waals surface area (Å²) in [4.78, 5) is 10.5. The summed E-state index contributed by atoms with van der Waals surface area (Å²) >= 11 is 0. The number of ether oxygens (including phenoxy) is 2. The number of carbonyl (C=O) groups excluding carboxylic acids is 1. The number of hydrogen-bond donors (Lipinski definition) is 0. The van der Waals surface area contributed by atoms with Crippen LogP contribution in [0.25, 0.3) is 6.08 Å². The van der Waals surface area contributed by atoms with E-state index in [1.165, 1.54) is 19.2 Å². The molecule has 80 valence electrons. The fraction of sp³-hybridized carbons (Fsp3) is 0.182. The lowest BCUT2D eigenvalue weighted by Gasteiger charge is -1.98. The molecule has 0 aliphatic carbocycles. The maximum Gasteiger partial charge on any atom is 0.508 e. The molecule has 15 heavy (non-hydrogen) atoms. The van der Waals surface area contributed by atoms with Crippen molar-refractivity contribution in [3.05, 3.63) is 41.7 Å². The summed E-state index contributed by atoms with van der Waals surface area (Å²) in [5.74, 6) is -0.300. The molecule has 1 rings (SSSR count). The van der Waals surface area contributed by atoms with Crippen LogP contribution < -0.4 is 0 Å². The van der Waals surface area contributed by atoms with E-state index in [1.807, 2.05) is 0 Å². The fourth-order valence-electron chi connectivity index (χ4n) is 0.970. The zero-order valence-electron chi connectivity index (χ0n) is 8.27. The summed E-state index contributed by atoms with van der Waals surface area (Å²) in [6.07, 6.45) is 2.52. The third-order valence-electron chi connectivity index (χ3n) is 1.62. The van der Waals surface area contributed by atoms with E-state index in [1.54, 1.807) is 24.3 Å². The number of halogens is 1. The SMILES string of the molecule is COC(=O)OC/C=C/c1cccc(F)c1. The van der Waals surface area contributed by atoms with E-state index in [2.05, 4.69) is 9.47 Å². The number of benzene rings is 1. The highest BCUT2D eigenvalue weighted by atomic mass is 19.1. The predicted octanol–water partition coefficient (Wildman–Crippen LogP) is 2.62. The Morgan fingerprint density at radius 1 is 1.53 bits per heavy atom. The van der Waals surface area contributed by atoms with Gasteiger partial charge in [-0.15, -0.1) is 0 Å². The van der Waals surface area contributed by atoms with E-state index < -0.39 is 6.16 Å². The van der Waals surface area contributed by atoms with Gasteiger partial charge in [-0.05, 0) is 23.8 Å². The molecule has 0 heterocycles. The number of methoxy groups -OCH3 is 1. The first-order chi connectivity index (χ1) is 7.22. The standard InChI is InChI=1S/C11H11FO3/c1-14-11(13)15-7-3-5-9-4-2-6-10(12)8-9/h2-6,8H,7H2,1H3/b5-3+. The van der Waals surface area contributed by atoms with Crippen LogP contribution in [0.3, 0.4) is 0 Å². The Balaban J connectivity index is 2.41. The molecule has 0 saturated carbocycles. The van der Waals surface area contributed by atoms with Crippen LogP contribution in [0.2, 0.25) is 0 Å². The lowest BCUT2D eigenvalue weighted by atomic mass is 10.2. The molecule has 3 nitrogen and oxygen atoms in total. The molecule has 0 aromatic heterocycles. The number of carbonyl (C=O) groups is 1. The Morgan fingerprint density at radius 3 is 3.00 bits per heavy atom. The van der Waals surface area contributed by atoms with Crippen molar-refractivity contribution in [2.24, 2.45) is 0 Å². The van der Waals surface area contributed by atoms with E-state index in [0.29, 0.717) is 5.56 Å². The first-order valence-corrected chi connectivity index (χ1v) is 4.35. The van der Waals surface area contributed by atoms with Gasteiger partial charge < -0.3 is 9.47 Å². The molecule has 0 unspecified atom stereocenters. The highest BCUT2D eigenvalue weighted by Gasteiger charge is 1.96. The summed E-state index contributed by atoms with van der Waals surface area (Å²) in [7, 11) is 1.23. The summed E-state index contributed by atoms with van der Waals surface area (Å²) in [5, 5.41) is 0. The van der Waals surface area contributed by atoms with E-state index >= 15 is 0 Å². The van der Waals surface area contributed by atoms with Gasteiger partial charge in [0, 0.05) is 0 Å². The van der Waals surface area contributed by atoms with Crippen LogP contribution in [0, 0.1) is 5.82 Å². The van der Waals surface area contributed by atoms with Gasteiger partial charge in [-0.25, -0.2) is 9.18 Å². The van der Waals surface area contributed by atoms with Gasteiger partial charge in [-0.2, -0.15) is 0 Å². The summed E-state index contributed by atoms with van der Waals surface area (Å²) in [6, 6.07) is 6.10. The second-order valence-corrected chi connectivity index (χ2v) is 2.72. The minimum atomic E-state index is -0.737. The smallest absolute Gasteiger partial charge is 0.438 e. The van der Waals surface area contributed by atoms with E-state index in [0.717, 1.165) is 0 Å². The molecule has 1 aromatic carbocycles. The molecular weight excluding hydrogens is 199 g/mol. The lowest BCUT2D eigenvalue weighted by molar-refractivity contribution is 0.0819. The summed E-state index contributed by atoms with van der Waals surface area (Å²) < 4.78 is 21.6. The predicted molar refractivity (Wildman–Crippen MR) is 53.8 cm³/mol. The van der Waals surface area contributed by atoms with E-state index in [9.17, 15) is 9.18 Å². The van der Waals surface area contributed by atoms with Crippen molar-refractivity contribution < 1.29 is 18.7 Å². The molecule has 0 bridgehead atoms. The largest absolute Gasteiger partial charge is 0.508 e. The van der Waals surface area contributed by atoms with Gasteiger partial charge in [0.25, 0.3) is 0 Å². The van der Waals surface area contributed by atoms with Crippen molar-refractivity contribution in [2.45, 2.75) is 0 Å². The highest BCUT2D eigenvalue weighted by molar-refractivity contribution is 5.60. The number of hydrogen-bond acceptors (Lipinski definition) is 3. The second kappa shape index (κ2) is 5.80. The lowest BCUT2D eigenvalue weighted by Crippen LogP contribution is -2.03. The van der Waals surface area contributed by atoms with E-state index in [-0.39, 0.29) is 12.4 Å². The summed E-state index contributed by atoms with van der Waals surface area (Å²) in [6.45, 7) is 0.100. The molecule has 1 aromatic rings. The third kappa shape index (κ3) is 4.26. The van der Waals surface area contributed by atoms with Crippen LogP contribution in [0.5, 0.6) is 0 Å². The Kier molecular flexibility index (Phi) is 4.34. The molecule has 0 saturated heterocycles. The van der Waals surface area contributed by atoms with Crippen molar-refractivity contribution in [3.63, 3.8) is 0 Å². The zero-order valence-corrected chi connectivity index (χ0v) is 8.27. The van der Waals surface area contributed by atoms with Crippen molar-refractivity contribution in [1.82, 2.24) is 0 Å². The van der Waals surface area contributed by atoms with Crippen molar-refractivity contribution in [3.8, 4) is 0 Å². The Morgan fingerprint density at radius 2 is 2.33 bits per heavy atom. The minimum absolute atomic E-state index is 0.100. The van der Waals surface area contributed by atoms with Crippen LogP contribution in [0.4, 0.5) is 9.18 Å². The molecule has 0 atom stereocenters. The Hall–Kier alpha value is -1.84. The van der Waals surface area contributed by atoms with Crippen LogP contribution in [-0.4, -0.2) is 19.9 Å².